The van der Waals surface area contributed by atoms with Crippen LogP contribution in [0.3, 0.4) is 0 Å². The molecule has 23 heavy (non-hydrogen) atoms. The maximum atomic E-state index is 4.73. The Morgan fingerprint density at radius 1 is 1.09 bits per heavy atom. The van der Waals surface area contributed by atoms with E-state index in [0.717, 1.165) is 39.5 Å². The van der Waals surface area contributed by atoms with Crippen molar-refractivity contribution in [3.8, 4) is 0 Å². The van der Waals surface area contributed by atoms with Crippen LogP contribution >= 0.6 is 11.8 Å². The second kappa shape index (κ2) is 6.45. The van der Waals surface area contributed by atoms with E-state index in [4.69, 9.17) is 4.98 Å². The molecule has 0 aliphatic carbocycles. The Balaban J connectivity index is 1.52. The molecule has 0 bridgehead atoms. The van der Waals surface area contributed by atoms with E-state index in [9.17, 15) is 0 Å². The van der Waals surface area contributed by atoms with Gasteiger partial charge in [0.15, 0.2) is 5.65 Å². The lowest BCUT2D eigenvalue weighted by Gasteiger charge is -2.25. The van der Waals surface area contributed by atoms with Crippen molar-refractivity contribution < 1.29 is 0 Å². The second-order valence-corrected chi connectivity index (χ2v) is 7.16. The van der Waals surface area contributed by atoms with Gasteiger partial charge in [-0.3, -0.25) is 0 Å². The summed E-state index contributed by atoms with van der Waals surface area (Å²) in [6.45, 7) is 3.59. The van der Waals surface area contributed by atoms with Gasteiger partial charge in [0.25, 0.3) is 0 Å². The lowest BCUT2D eigenvalue weighted by atomic mass is 10.1. The molecule has 3 aromatic rings. The minimum Gasteiger partial charge on any atom is -0.327 e. The number of para-hydroxylation sites is 1. The highest BCUT2D eigenvalue weighted by molar-refractivity contribution is 7.99. The smallest absolute Gasteiger partial charge is 0.211 e. The van der Waals surface area contributed by atoms with E-state index in [0.29, 0.717) is 0 Å². The number of hydrogen-bond acceptors (Lipinski definition) is 5. The van der Waals surface area contributed by atoms with Gasteiger partial charge in [-0.1, -0.05) is 36.4 Å². The van der Waals surface area contributed by atoms with Crippen molar-refractivity contribution in [3.63, 3.8) is 0 Å². The summed E-state index contributed by atoms with van der Waals surface area (Å²) in [5.41, 5.74) is 2.96. The highest BCUT2D eigenvalue weighted by atomic mass is 32.2. The highest BCUT2D eigenvalue weighted by Gasteiger charge is 2.13. The van der Waals surface area contributed by atoms with Crippen LogP contribution in [0.15, 0.2) is 29.4 Å². The summed E-state index contributed by atoms with van der Waals surface area (Å²) < 4.78 is 2.11. The quantitative estimate of drug-likeness (QED) is 0.689. The summed E-state index contributed by atoms with van der Waals surface area (Å²) in [4.78, 5) is 7.27. The normalized spacial score (nSPS) is 16.4. The molecule has 1 saturated heterocycles. The first-order chi connectivity index (χ1) is 11.3. The molecule has 3 heterocycles. The largest absolute Gasteiger partial charge is 0.327 e. The molecule has 1 aliphatic heterocycles. The molecule has 4 rings (SSSR count). The van der Waals surface area contributed by atoms with Gasteiger partial charge < -0.3 is 9.47 Å². The Kier molecular flexibility index (Phi) is 4.18. The van der Waals surface area contributed by atoms with Crippen molar-refractivity contribution in [3.05, 3.63) is 24.3 Å². The molecule has 0 spiro atoms. The molecule has 2 aromatic heterocycles. The topological polar surface area (TPSA) is 46.8 Å². The van der Waals surface area contributed by atoms with E-state index >= 15 is 0 Å². The van der Waals surface area contributed by atoms with Crippen molar-refractivity contribution in [1.82, 2.24) is 24.6 Å². The van der Waals surface area contributed by atoms with Crippen LogP contribution in [-0.2, 0) is 7.05 Å². The summed E-state index contributed by atoms with van der Waals surface area (Å²) in [5, 5.41) is 10.6. The predicted molar refractivity (Wildman–Crippen MR) is 94.8 cm³/mol. The first kappa shape index (κ1) is 14.9. The molecule has 5 nitrogen and oxygen atoms in total. The van der Waals surface area contributed by atoms with Gasteiger partial charge in [0.1, 0.15) is 5.52 Å². The third kappa shape index (κ3) is 2.93. The number of fused-ring (bicyclic) bond motifs is 3. The number of hydrogen-bond donors (Lipinski definition) is 0. The zero-order valence-corrected chi connectivity index (χ0v) is 14.2. The van der Waals surface area contributed by atoms with Crippen molar-refractivity contribution in [2.75, 3.05) is 25.4 Å². The standard InChI is InChI=1S/C17H21N5S/c1-21-14-8-4-3-7-13(14)15-16(21)18-17(20-19-15)23-12-11-22-9-5-2-6-10-22/h3-4,7-8H,2,5-6,9-12H2,1H3. The Labute approximate surface area is 140 Å². The van der Waals surface area contributed by atoms with E-state index in [1.54, 1.807) is 11.8 Å². The van der Waals surface area contributed by atoms with Crippen LogP contribution in [0, 0.1) is 0 Å². The number of rotatable bonds is 4. The fraction of sp³-hybridized carbons (Fsp3) is 0.471. The first-order valence-electron chi connectivity index (χ1n) is 8.26. The molecule has 1 aliphatic rings. The molecule has 1 fully saturated rings. The van der Waals surface area contributed by atoms with Crippen molar-refractivity contribution in [2.45, 2.75) is 24.4 Å². The summed E-state index contributed by atoms with van der Waals surface area (Å²) in [6.07, 6.45) is 4.06. The molecule has 0 radical (unpaired) electrons. The average Bonchev–Trinajstić information content (AvgIpc) is 2.89. The molecule has 0 atom stereocenters. The Morgan fingerprint density at radius 2 is 1.91 bits per heavy atom. The number of piperidine rings is 1. The SMILES string of the molecule is Cn1c2ccccc2c2nnc(SCCN3CCCCC3)nc21. The van der Waals surface area contributed by atoms with Crippen LogP contribution in [-0.4, -0.2) is 50.0 Å². The molecule has 0 unspecified atom stereocenters. The van der Waals surface area contributed by atoms with Gasteiger partial charge in [-0.2, -0.15) is 0 Å². The molecule has 120 valence electrons. The second-order valence-electron chi connectivity index (χ2n) is 6.09. The zero-order chi connectivity index (χ0) is 15.6. The number of aromatic nitrogens is 4. The Hall–Kier alpha value is -1.66. The van der Waals surface area contributed by atoms with Gasteiger partial charge in [0, 0.05) is 24.7 Å². The fourth-order valence-electron chi connectivity index (χ4n) is 3.30. The minimum absolute atomic E-state index is 0.778. The van der Waals surface area contributed by atoms with Gasteiger partial charge in [0.05, 0.1) is 5.52 Å². The molecule has 1 aromatic carbocycles. The van der Waals surface area contributed by atoms with Crippen LogP contribution in [0.4, 0.5) is 0 Å². The summed E-state index contributed by atoms with van der Waals surface area (Å²) in [5.74, 6) is 1.02. The van der Waals surface area contributed by atoms with Crippen LogP contribution in [0.2, 0.25) is 0 Å². The van der Waals surface area contributed by atoms with Gasteiger partial charge in [-0.05, 0) is 32.0 Å². The third-order valence-corrected chi connectivity index (χ3v) is 5.39. The van der Waals surface area contributed by atoms with Gasteiger partial charge >= 0.3 is 0 Å². The lowest BCUT2D eigenvalue weighted by molar-refractivity contribution is 0.242. The molecule has 0 saturated carbocycles. The lowest BCUT2D eigenvalue weighted by Crippen LogP contribution is -2.31. The van der Waals surface area contributed by atoms with E-state index < -0.39 is 0 Å². The molecule has 0 amide bonds. The summed E-state index contributed by atoms with van der Waals surface area (Å²) >= 11 is 1.71. The number of aryl methyl sites for hydroxylation is 1. The van der Waals surface area contributed by atoms with Crippen LogP contribution in [0.25, 0.3) is 22.1 Å². The first-order valence-corrected chi connectivity index (χ1v) is 9.24. The van der Waals surface area contributed by atoms with Crippen LogP contribution in [0.1, 0.15) is 19.3 Å². The van der Waals surface area contributed by atoms with Crippen molar-refractivity contribution >= 4 is 33.8 Å². The molecule has 6 heteroatoms. The molecule has 0 N–H and O–H groups in total. The van der Waals surface area contributed by atoms with E-state index in [2.05, 4.69) is 31.8 Å². The minimum atomic E-state index is 0.778. The average molecular weight is 327 g/mol. The zero-order valence-electron chi connectivity index (χ0n) is 13.4. The van der Waals surface area contributed by atoms with E-state index in [-0.39, 0.29) is 0 Å². The predicted octanol–water partition coefficient (Wildman–Crippen LogP) is 3.09. The van der Waals surface area contributed by atoms with Crippen LogP contribution in [0.5, 0.6) is 0 Å². The van der Waals surface area contributed by atoms with Crippen molar-refractivity contribution in [1.29, 1.82) is 0 Å². The molecular weight excluding hydrogens is 306 g/mol. The van der Waals surface area contributed by atoms with E-state index in [1.807, 2.05) is 19.2 Å². The summed E-state index contributed by atoms with van der Waals surface area (Å²) in [6, 6.07) is 8.26. The number of benzene rings is 1. The van der Waals surface area contributed by atoms with Crippen molar-refractivity contribution in [2.24, 2.45) is 7.05 Å². The number of likely N-dealkylation sites (tertiary alicyclic amines) is 1. The number of thioether (sulfide) groups is 1. The van der Waals surface area contributed by atoms with Gasteiger partial charge in [-0.25, -0.2) is 4.98 Å². The third-order valence-electron chi connectivity index (χ3n) is 4.57. The van der Waals surface area contributed by atoms with Gasteiger partial charge in [-0.15, -0.1) is 10.2 Å². The monoisotopic (exact) mass is 327 g/mol. The highest BCUT2D eigenvalue weighted by Crippen LogP contribution is 2.25. The summed E-state index contributed by atoms with van der Waals surface area (Å²) in [7, 11) is 2.04. The maximum Gasteiger partial charge on any atom is 0.211 e. The number of nitrogens with zero attached hydrogens (tertiary/aromatic N) is 5. The van der Waals surface area contributed by atoms with E-state index in [1.165, 1.54) is 32.4 Å². The van der Waals surface area contributed by atoms with Crippen LogP contribution < -0.4 is 0 Å². The maximum absolute atomic E-state index is 4.73. The Morgan fingerprint density at radius 3 is 2.78 bits per heavy atom. The molecular formula is C17H21N5S. The fourth-order valence-corrected chi connectivity index (χ4v) is 4.08. The Bertz CT molecular complexity index is 822. The van der Waals surface area contributed by atoms with Gasteiger partial charge in [0.2, 0.25) is 5.16 Å².